The second-order valence-corrected chi connectivity index (χ2v) is 6.77. The summed E-state index contributed by atoms with van der Waals surface area (Å²) in [6, 6.07) is 7.40. The van der Waals surface area contributed by atoms with Crippen LogP contribution in [0.3, 0.4) is 0 Å². The first-order chi connectivity index (χ1) is 11.0. The van der Waals surface area contributed by atoms with Gasteiger partial charge in [-0.1, -0.05) is 18.2 Å². The van der Waals surface area contributed by atoms with Crippen molar-refractivity contribution in [2.24, 2.45) is 0 Å². The maximum absolute atomic E-state index is 9.10. The third-order valence-electron chi connectivity index (χ3n) is 5.13. The van der Waals surface area contributed by atoms with Crippen LogP contribution in [0.2, 0.25) is 0 Å². The Morgan fingerprint density at radius 2 is 2.00 bits per heavy atom. The molecule has 2 aromatic rings. The van der Waals surface area contributed by atoms with Gasteiger partial charge in [0, 0.05) is 29.8 Å². The summed E-state index contributed by atoms with van der Waals surface area (Å²) >= 11 is 0. The zero-order valence-corrected chi connectivity index (χ0v) is 14.6. The highest BCUT2D eigenvalue weighted by Crippen LogP contribution is 2.41. The van der Waals surface area contributed by atoms with Crippen molar-refractivity contribution in [1.29, 1.82) is 0 Å². The molecule has 4 nitrogen and oxygen atoms in total. The Morgan fingerprint density at radius 1 is 1.22 bits per heavy atom. The fourth-order valence-electron chi connectivity index (χ4n) is 3.32. The van der Waals surface area contributed by atoms with Gasteiger partial charge in [0.15, 0.2) is 0 Å². The van der Waals surface area contributed by atoms with Crippen molar-refractivity contribution in [3.8, 4) is 0 Å². The van der Waals surface area contributed by atoms with E-state index in [9.17, 15) is 0 Å². The molecule has 0 saturated heterocycles. The lowest BCUT2D eigenvalue weighted by atomic mass is 10.0. The summed E-state index contributed by atoms with van der Waals surface area (Å²) in [6.07, 6.45) is 1.21. The van der Waals surface area contributed by atoms with Crippen molar-refractivity contribution in [2.45, 2.75) is 59.2 Å². The number of aliphatic hydroxyl groups is 1. The smallest absolute Gasteiger partial charge is 0.0644 e. The molecule has 1 aromatic carbocycles. The molecule has 0 radical (unpaired) electrons. The van der Waals surface area contributed by atoms with Gasteiger partial charge >= 0.3 is 0 Å². The van der Waals surface area contributed by atoms with Crippen LogP contribution in [0, 0.1) is 27.7 Å². The first-order valence-corrected chi connectivity index (χ1v) is 8.45. The molecule has 1 fully saturated rings. The van der Waals surface area contributed by atoms with Crippen LogP contribution in [0.1, 0.15) is 46.0 Å². The van der Waals surface area contributed by atoms with Gasteiger partial charge in [0.05, 0.1) is 18.8 Å². The Balaban J connectivity index is 1.61. The zero-order valence-electron chi connectivity index (χ0n) is 14.6. The molecule has 23 heavy (non-hydrogen) atoms. The number of aromatic nitrogens is 2. The number of hydrogen-bond acceptors (Lipinski definition) is 3. The normalized spacial score (nSPS) is 20.0. The van der Waals surface area contributed by atoms with E-state index in [4.69, 9.17) is 5.11 Å². The molecule has 2 N–H and O–H groups in total. The molecule has 124 valence electrons. The van der Waals surface area contributed by atoms with Crippen LogP contribution in [0.5, 0.6) is 0 Å². The molecule has 0 amide bonds. The van der Waals surface area contributed by atoms with Gasteiger partial charge in [-0.15, -0.1) is 0 Å². The average Bonchev–Trinajstić information content (AvgIpc) is 3.23. The summed E-state index contributed by atoms with van der Waals surface area (Å²) in [5.74, 6) is 0.641. The van der Waals surface area contributed by atoms with E-state index in [1.807, 2.05) is 11.6 Å². The van der Waals surface area contributed by atoms with E-state index < -0.39 is 0 Å². The molecular weight excluding hydrogens is 286 g/mol. The minimum absolute atomic E-state index is 0.131. The van der Waals surface area contributed by atoms with E-state index in [1.165, 1.54) is 28.7 Å². The zero-order chi connectivity index (χ0) is 16.6. The number of aryl methyl sites for hydroxylation is 3. The predicted octanol–water partition coefficient (Wildman–Crippen LogP) is 2.75. The largest absolute Gasteiger partial charge is 0.394 e. The van der Waals surface area contributed by atoms with E-state index >= 15 is 0 Å². The Kier molecular flexibility index (Phi) is 4.55. The average molecular weight is 313 g/mol. The van der Waals surface area contributed by atoms with Crippen molar-refractivity contribution in [2.75, 3.05) is 6.61 Å². The van der Waals surface area contributed by atoms with Crippen molar-refractivity contribution in [3.05, 3.63) is 51.8 Å². The van der Waals surface area contributed by atoms with Crippen LogP contribution >= 0.6 is 0 Å². The molecule has 0 bridgehead atoms. The molecule has 1 aromatic heterocycles. The predicted molar refractivity (Wildman–Crippen MR) is 92.7 cm³/mol. The lowest BCUT2D eigenvalue weighted by Gasteiger charge is -2.07. The third-order valence-corrected chi connectivity index (χ3v) is 5.13. The number of rotatable bonds is 6. The van der Waals surface area contributed by atoms with Crippen LogP contribution in [0.25, 0.3) is 0 Å². The minimum atomic E-state index is 0.131. The third kappa shape index (κ3) is 3.33. The lowest BCUT2D eigenvalue weighted by Crippen LogP contribution is -2.18. The molecule has 1 aliphatic carbocycles. The Hall–Kier alpha value is -1.65. The Labute approximate surface area is 138 Å². The summed E-state index contributed by atoms with van der Waals surface area (Å²) in [5.41, 5.74) is 7.69. The van der Waals surface area contributed by atoms with Crippen LogP contribution in [-0.4, -0.2) is 27.5 Å². The van der Waals surface area contributed by atoms with Gasteiger partial charge in [0.1, 0.15) is 0 Å². The van der Waals surface area contributed by atoms with E-state index in [-0.39, 0.29) is 6.61 Å². The van der Waals surface area contributed by atoms with Crippen LogP contribution in [0.15, 0.2) is 18.2 Å². The summed E-state index contributed by atoms with van der Waals surface area (Å²) < 4.78 is 1.90. The van der Waals surface area contributed by atoms with Gasteiger partial charge in [-0.25, -0.2) is 0 Å². The summed E-state index contributed by atoms with van der Waals surface area (Å²) in [5, 5.41) is 17.3. The van der Waals surface area contributed by atoms with Crippen LogP contribution in [-0.2, 0) is 13.1 Å². The first kappa shape index (κ1) is 16.2. The van der Waals surface area contributed by atoms with Crippen molar-refractivity contribution < 1.29 is 5.11 Å². The molecule has 3 rings (SSSR count). The van der Waals surface area contributed by atoms with Crippen molar-refractivity contribution in [1.82, 2.24) is 15.1 Å². The maximum atomic E-state index is 9.10. The van der Waals surface area contributed by atoms with Crippen LogP contribution in [0.4, 0.5) is 0 Å². The van der Waals surface area contributed by atoms with Gasteiger partial charge in [-0.2, -0.15) is 5.10 Å². The van der Waals surface area contributed by atoms with E-state index in [2.05, 4.69) is 49.4 Å². The molecule has 4 heteroatoms. The van der Waals surface area contributed by atoms with E-state index in [1.54, 1.807) is 0 Å². The maximum Gasteiger partial charge on any atom is 0.0644 e. The van der Waals surface area contributed by atoms with Gasteiger partial charge in [0.2, 0.25) is 0 Å². The molecule has 1 heterocycles. The SMILES string of the molecule is Cc1ccc([C@H]2C[C@H]2NCc2c(C)nn(CCO)c2C)cc1C. The van der Waals surface area contributed by atoms with Gasteiger partial charge in [0.25, 0.3) is 0 Å². The minimum Gasteiger partial charge on any atom is -0.394 e. The van der Waals surface area contributed by atoms with E-state index in [0.29, 0.717) is 18.5 Å². The molecule has 0 spiro atoms. The summed E-state index contributed by atoms with van der Waals surface area (Å²) in [6.45, 7) is 10.0. The monoisotopic (exact) mass is 313 g/mol. The summed E-state index contributed by atoms with van der Waals surface area (Å²) in [7, 11) is 0. The van der Waals surface area contributed by atoms with Gasteiger partial charge < -0.3 is 10.4 Å². The molecule has 0 unspecified atom stereocenters. The second-order valence-electron chi connectivity index (χ2n) is 6.77. The first-order valence-electron chi connectivity index (χ1n) is 8.45. The number of benzene rings is 1. The van der Waals surface area contributed by atoms with Crippen molar-refractivity contribution >= 4 is 0 Å². The topological polar surface area (TPSA) is 50.1 Å². The number of hydrogen-bond donors (Lipinski definition) is 2. The molecule has 2 atom stereocenters. The van der Waals surface area contributed by atoms with E-state index in [0.717, 1.165) is 17.9 Å². The van der Waals surface area contributed by atoms with Crippen LogP contribution < -0.4 is 5.32 Å². The number of nitrogens with zero attached hydrogens (tertiary/aromatic N) is 2. The summed E-state index contributed by atoms with van der Waals surface area (Å²) in [4.78, 5) is 0. The quantitative estimate of drug-likeness (QED) is 0.862. The number of aliphatic hydroxyl groups excluding tert-OH is 1. The van der Waals surface area contributed by atoms with Crippen molar-refractivity contribution in [3.63, 3.8) is 0 Å². The second kappa shape index (κ2) is 6.46. The highest BCUT2D eigenvalue weighted by molar-refractivity contribution is 5.36. The molecular formula is C19H27N3O. The molecule has 1 aliphatic rings. The fourth-order valence-corrected chi connectivity index (χ4v) is 3.32. The number of nitrogens with one attached hydrogen (secondary N) is 1. The van der Waals surface area contributed by atoms with Gasteiger partial charge in [-0.05, 0) is 50.8 Å². The Morgan fingerprint density at radius 3 is 2.70 bits per heavy atom. The fraction of sp³-hybridized carbons (Fsp3) is 0.526. The standard InChI is InChI=1S/C19H27N3O/c1-12-5-6-16(9-13(12)2)17-10-19(17)20-11-18-14(3)21-22(7-8-23)15(18)4/h5-6,9,17,19-20,23H,7-8,10-11H2,1-4H3/t17-,19-/m1/s1. The Bertz CT molecular complexity index is 705. The van der Waals surface area contributed by atoms with Gasteiger partial charge in [-0.3, -0.25) is 4.68 Å². The highest BCUT2D eigenvalue weighted by Gasteiger charge is 2.38. The molecule has 1 saturated carbocycles. The molecule has 0 aliphatic heterocycles. The lowest BCUT2D eigenvalue weighted by molar-refractivity contribution is 0.267. The highest BCUT2D eigenvalue weighted by atomic mass is 16.3.